The van der Waals surface area contributed by atoms with E-state index in [0.717, 1.165) is 0 Å². The highest BCUT2D eigenvalue weighted by Gasteiger charge is 2.36. The maximum absolute atomic E-state index is 14.5. The molecule has 0 radical (unpaired) electrons. The SMILES string of the molecule is CC(C)C[C@H](NC(=O)[C@H](Cc1ccccc1)NC(=O)[C@H](CCC(=O)O)NC(=O)[C@H](CO)NC(=O)[C@H](C)NC(=O)[C@@H](N)CC(C)C)C(=O)N[C@@H](Cc1ccccc1)C(=O)N[C@@H](CC(N)=O)C(=O)NCC(=O)N[C@H](C(=O)N[C@@H](CO)C(=O)O)C(C)C. The van der Waals surface area contributed by atoms with Gasteiger partial charge in [0.1, 0.15) is 54.4 Å². The number of hydrogen-bond donors (Lipinski definition) is 16. The molecule has 11 amide bonds. The van der Waals surface area contributed by atoms with Crippen molar-refractivity contribution >= 4 is 76.9 Å². The first-order chi connectivity index (χ1) is 39.5. The van der Waals surface area contributed by atoms with Crippen LogP contribution in [0.15, 0.2) is 60.7 Å². The standard InChI is InChI=1S/C55H82N12O17/c1-28(2)20-34(56)47(75)59-31(7)46(74)65-40(26-68)53(81)60-35(18-19-44(72)73)49(77)62-37(22-32-14-10-8-11-15-32)51(79)61-36(21-29(3)4)50(78)63-38(23-33-16-12-9-13-17-33)52(80)64-39(24-42(57)70)48(76)58-25-43(71)67-45(30(5)6)54(82)66-41(27-69)55(83)84/h8-17,28-31,34-41,45,68-69H,18-27,56H2,1-7H3,(H2,57,70)(H,58,76)(H,59,75)(H,60,81)(H,61,79)(H,62,77)(H,63,78)(H,64,80)(H,65,74)(H,66,82)(H,67,71)(H,72,73)(H,83,84)/t31-,34-,35-,36-,37-,38-,39-,40-,41-,45-/m0/s1. The number of amides is 11. The Morgan fingerprint density at radius 1 is 0.464 bits per heavy atom. The van der Waals surface area contributed by atoms with Crippen LogP contribution in [-0.4, -0.2) is 178 Å². The molecule has 0 aromatic heterocycles. The number of carboxylic acids is 2. The first kappa shape index (κ1) is 71.5. The summed E-state index contributed by atoms with van der Waals surface area (Å²) >= 11 is 0. The number of rotatable bonds is 37. The molecular weight excluding hydrogens is 1100 g/mol. The highest BCUT2D eigenvalue weighted by atomic mass is 16.4. The van der Waals surface area contributed by atoms with Crippen molar-refractivity contribution in [3.63, 3.8) is 0 Å². The Morgan fingerprint density at radius 2 is 0.893 bits per heavy atom. The number of aliphatic hydroxyl groups is 2. The van der Waals surface area contributed by atoms with E-state index in [4.69, 9.17) is 11.5 Å². The molecule has 2 aromatic rings. The van der Waals surface area contributed by atoms with Crippen molar-refractivity contribution in [2.45, 2.75) is 154 Å². The van der Waals surface area contributed by atoms with Gasteiger partial charge >= 0.3 is 11.9 Å². The molecule has 0 spiro atoms. The Bertz CT molecular complexity index is 2590. The van der Waals surface area contributed by atoms with Gasteiger partial charge in [-0.1, -0.05) is 102 Å². The summed E-state index contributed by atoms with van der Waals surface area (Å²) in [6.45, 7) is 8.72. The summed E-state index contributed by atoms with van der Waals surface area (Å²) < 4.78 is 0. The maximum Gasteiger partial charge on any atom is 0.328 e. The Labute approximate surface area is 486 Å². The Hall–Kier alpha value is -8.57. The van der Waals surface area contributed by atoms with E-state index >= 15 is 0 Å². The average Bonchev–Trinajstić information content (AvgIpc) is 3.50. The largest absolute Gasteiger partial charge is 0.481 e. The fourth-order valence-electron chi connectivity index (χ4n) is 8.12. The molecule has 0 bridgehead atoms. The molecular formula is C55H82N12O17. The Balaban J connectivity index is 2.45. The van der Waals surface area contributed by atoms with Gasteiger partial charge in [-0.3, -0.25) is 57.5 Å². The second kappa shape index (κ2) is 36.1. The van der Waals surface area contributed by atoms with E-state index in [9.17, 15) is 82.8 Å². The van der Waals surface area contributed by atoms with Crippen LogP contribution >= 0.6 is 0 Å². The topological polar surface area (TPSA) is 475 Å². The molecule has 2 aromatic carbocycles. The van der Waals surface area contributed by atoms with Gasteiger partial charge < -0.3 is 85.1 Å². The number of primary amides is 1. The molecule has 0 saturated heterocycles. The lowest BCUT2D eigenvalue weighted by atomic mass is 9.99. The fraction of sp³-hybridized carbons (Fsp3) is 0.545. The van der Waals surface area contributed by atoms with E-state index in [1.807, 2.05) is 13.8 Å². The van der Waals surface area contributed by atoms with E-state index in [-0.39, 0.29) is 31.1 Å². The second-order valence-corrected chi connectivity index (χ2v) is 21.2. The Kier molecular flexibility index (Phi) is 30.7. The van der Waals surface area contributed by atoms with Crippen LogP contribution in [0.1, 0.15) is 91.7 Å². The van der Waals surface area contributed by atoms with Crippen molar-refractivity contribution in [3.05, 3.63) is 71.8 Å². The van der Waals surface area contributed by atoms with Crippen molar-refractivity contribution in [3.8, 4) is 0 Å². The summed E-state index contributed by atoms with van der Waals surface area (Å²) in [4.78, 5) is 171. The van der Waals surface area contributed by atoms with Gasteiger partial charge in [0.2, 0.25) is 65.0 Å². The minimum absolute atomic E-state index is 0.0594. The maximum atomic E-state index is 14.5. The van der Waals surface area contributed by atoms with Crippen LogP contribution in [0, 0.1) is 17.8 Å². The molecule has 0 aliphatic carbocycles. The first-order valence-electron chi connectivity index (χ1n) is 27.2. The fourth-order valence-corrected chi connectivity index (χ4v) is 8.12. The molecule has 29 nitrogen and oxygen atoms in total. The van der Waals surface area contributed by atoms with Gasteiger partial charge in [0.15, 0.2) is 0 Å². The zero-order valence-corrected chi connectivity index (χ0v) is 48.1. The van der Waals surface area contributed by atoms with Crippen molar-refractivity contribution in [2.24, 2.45) is 29.2 Å². The van der Waals surface area contributed by atoms with Crippen molar-refractivity contribution < 1.29 is 82.8 Å². The van der Waals surface area contributed by atoms with Gasteiger partial charge in [0.25, 0.3) is 0 Å². The molecule has 0 aliphatic heterocycles. The number of hydrogen-bond acceptors (Lipinski definition) is 16. The lowest BCUT2D eigenvalue weighted by Gasteiger charge is -2.28. The predicted molar refractivity (Wildman–Crippen MR) is 301 cm³/mol. The zero-order chi connectivity index (χ0) is 63.4. The van der Waals surface area contributed by atoms with Gasteiger partial charge in [-0.15, -0.1) is 0 Å². The number of nitrogens with one attached hydrogen (secondary N) is 10. The van der Waals surface area contributed by atoms with Gasteiger partial charge in [-0.25, -0.2) is 4.79 Å². The number of carboxylic acid groups (broad SMARTS) is 2. The second-order valence-electron chi connectivity index (χ2n) is 21.2. The zero-order valence-electron chi connectivity index (χ0n) is 48.1. The van der Waals surface area contributed by atoms with Gasteiger partial charge in [0, 0.05) is 19.3 Å². The third-order valence-corrected chi connectivity index (χ3v) is 12.6. The lowest BCUT2D eigenvalue weighted by molar-refractivity contribution is -0.143. The quantitative estimate of drug-likeness (QED) is 0.0305. The number of carbonyl (C=O) groups is 13. The van der Waals surface area contributed by atoms with E-state index in [0.29, 0.717) is 17.5 Å². The van der Waals surface area contributed by atoms with E-state index < -0.39 is 182 Å². The normalized spacial score (nSPS) is 14.7. The molecule has 29 heteroatoms. The highest BCUT2D eigenvalue weighted by Crippen LogP contribution is 2.12. The van der Waals surface area contributed by atoms with Crippen molar-refractivity contribution in [2.75, 3.05) is 19.8 Å². The van der Waals surface area contributed by atoms with Crippen molar-refractivity contribution in [1.29, 1.82) is 0 Å². The minimum Gasteiger partial charge on any atom is -0.481 e. The Morgan fingerprint density at radius 3 is 1.35 bits per heavy atom. The summed E-state index contributed by atoms with van der Waals surface area (Å²) in [7, 11) is 0. The van der Waals surface area contributed by atoms with Gasteiger partial charge in [-0.2, -0.15) is 0 Å². The number of benzene rings is 2. The van der Waals surface area contributed by atoms with Gasteiger partial charge in [-0.05, 0) is 55.1 Å². The number of aliphatic carboxylic acids is 2. The summed E-state index contributed by atoms with van der Waals surface area (Å²) in [5, 5.41) is 62.2. The third-order valence-electron chi connectivity index (χ3n) is 12.6. The molecule has 18 N–H and O–H groups in total. The third kappa shape index (κ3) is 26.1. The number of carbonyl (C=O) groups excluding carboxylic acids is 11. The van der Waals surface area contributed by atoms with Crippen LogP contribution in [0.25, 0.3) is 0 Å². The minimum atomic E-state index is -1.75. The van der Waals surface area contributed by atoms with Crippen LogP contribution in [0.3, 0.4) is 0 Å². The monoisotopic (exact) mass is 1180 g/mol. The molecule has 2 rings (SSSR count). The lowest BCUT2D eigenvalue weighted by Crippen LogP contribution is -2.61. The molecule has 0 aliphatic rings. The highest BCUT2D eigenvalue weighted by molar-refractivity contribution is 5.99. The van der Waals surface area contributed by atoms with Crippen LogP contribution in [0.2, 0.25) is 0 Å². The summed E-state index contributed by atoms with van der Waals surface area (Å²) in [6, 6.07) is 1.53. The van der Waals surface area contributed by atoms with E-state index in [2.05, 4.69) is 53.2 Å². The molecule has 0 fully saturated rings. The summed E-state index contributed by atoms with van der Waals surface area (Å²) in [5.41, 5.74) is 12.4. The molecule has 10 atom stereocenters. The van der Waals surface area contributed by atoms with E-state index in [1.165, 1.54) is 20.8 Å². The van der Waals surface area contributed by atoms with E-state index in [1.54, 1.807) is 74.5 Å². The molecule has 0 saturated carbocycles. The van der Waals surface area contributed by atoms with Crippen LogP contribution < -0.4 is 64.6 Å². The molecule has 0 heterocycles. The van der Waals surface area contributed by atoms with Crippen molar-refractivity contribution in [1.82, 2.24) is 53.2 Å². The van der Waals surface area contributed by atoms with Gasteiger partial charge in [0.05, 0.1) is 32.2 Å². The average molecular weight is 1180 g/mol. The number of aliphatic hydroxyl groups excluding tert-OH is 2. The summed E-state index contributed by atoms with van der Waals surface area (Å²) in [6.07, 6.45) is -2.27. The summed E-state index contributed by atoms with van der Waals surface area (Å²) in [5.74, 6) is -14.6. The smallest absolute Gasteiger partial charge is 0.328 e. The predicted octanol–water partition coefficient (Wildman–Crippen LogP) is -4.14. The first-order valence-corrected chi connectivity index (χ1v) is 27.2. The molecule has 0 unspecified atom stereocenters. The van der Waals surface area contributed by atoms with Crippen LogP contribution in [0.5, 0.6) is 0 Å². The van der Waals surface area contributed by atoms with Crippen LogP contribution in [0.4, 0.5) is 0 Å². The molecule has 464 valence electrons. The molecule has 84 heavy (non-hydrogen) atoms. The van der Waals surface area contributed by atoms with Crippen LogP contribution in [-0.2, 0) is 75.2 Å². The number of nitrogens with two attached hydrogens (primary N) is 2.